The fourth-order valence-corrected chi connectivity index (χ4v) is 1.91. The van der Waals surface area contributed by atoms with Gasteiger partial charge in [0.15, 0.2) is 5.82 Å². The van der Waals surface area contributed by atoms with Crippen LogP contribution in [-0.4, -0.2) is 19.5 Å². The maximum Gasteiger partial charge on any atom is 0.158 e. The van der Waals surface area contributed by atoms with Crippen LogP contribution in [0.25, 0.3) is 22.6 Å². The minimum atomic E-state index is 0.490. The summed E-state index contributed by atoms with van der Waals surface area (Å²) < 4.78 is 1.90. The van der Waals surface area contributed by atoms with E-state index in [0.29, 0.717) is 6.54 Å². The lowest BCUT2D eigenvalue weighted by molar-refractivity contribution is 0.913. The molecule has 5 heteroatoms. The fourth-order valence-electron chi connectivity index (χ4n) is 1.91. The summed E-state index contributed by atoms with van der Waals surface area (Å²) in [6.45, 7) is 0.490. The quantitative estimate of drug-likeness (QED) is 0.695. The summed E-state index contributed by atoms with van der Waals surface area (Å²) in [5.41, 5.74) is 9.50. The lowest BCUT2D eigenvalue weighted by Crippen LogP contribution is -1.96. The Bertz CT molecular complexity index is 664. The van der Waals surface area contributed by atoms with Crippen molar-refractivity contribution < 1.29 is 0 Å². The van der Waals surface area contributed by atoms with Crippen molar-refractivity contribution in [3.63, 3.8) is 0 Å². The van der Waals surface area contributed by atoms with Gasteiger partial charge in [0.25, 0.3) is 0 Å². The normalized spacial score (nSPS) is 11.2. The molecule has 17 heavy (non-hydrogen) atoms. The van der Waals surface area contributed by atoms with Crippen LogP contribution in [0, 0.1) is 0 Å². The summed E-state index contributed by atoms with van der Waals surface area (Å²) >= 11 is 0. The number of para-hydroxylation sites is 1. The first-order chi connectivity index (χ1) is 8.28. The average molecular weight is 227 g/mol. The van der Waals surface area contributed by atoms with Gasteiger partial charge in [-0.1, -0.05) is 12.1 Å². The molecule has 0 fully saturated rings. The Morgan fingerprint density at radius 3 is 3.00 bits per heavy atom. The Kier molecular flexibility index (Phi) is 2.19. The average Bonchev–Trinajstić information content (AvgIpc) is 2.93. The fraction of sp³-hybridized carbons (Fsp3) is 0.167. The van der Waals surface area contributed by atoms with Crippen LogP contribution in [0.4, 0.5) is 0 Å². The molecule has 2 aromatic heterocycles. The first kappa shape index (κ1) is 10.0. The molecule has 0 saturated carbocycles. The lowest BCUT2D eigenvalue weighted by Gasteiger charge is -1.95. The van der Waals surface area contributed by atoms with Crippen molar-refractivity contribution in [2.45, 2.75) is 6.54 Å². The van der Waals surface area contributed by atoms with Crippen molar-refractivity contribution in [3.8, 4) is 11.5 Å². The highest BCUT2D eigenvalue weighted by Crippen LogP contribution is 2.21. The summed E-state index contributed by atoms with van der Waals surface area (Å²) in [5, 5.41) is 0. The number of aromatic amines is 1. The number of aromatic nitrogens is 4. The molecule has 0 atom stereocenters. The highest BCUT2D eigenvalue weighted by molar-refractivity contribution is 5.81. The topological polar surface area (TPSA) is 72.5 Å². The zero-order valence-corrected chi connectivity index (χ0v) is 9.51. The number of rotatable bonds is 2. The molecule has 3 aromatic rings. The van der Waals surface area contributed by atoms with Crippen LogP contribution < -0.4 is 5.73 Å². The Morgan fingerprint density at radius 1 is 1.41 bits per heavy atom. The number of nitrogens with zero attached hydrogens (tertiary/aromatic N) is 3. The molecule has 86 valence electrons. The van der Waals surface area contributed by atoms with Crippen LogP contribution in [0.2, 0.25) is 0 Å². The summed E-state index contributed by atoms with van der Waals surface area (Å²) in [4.78, 5) is 12.1. The maximum atomic E-state index is 5.69. The second-order valence-electron chi connectivity index (χ2n) is 4.03. The third kappa shape index (κ3) is 1.60. The van der Waals surface area contributed by atoms with Gasteiger partial charge in [0.2, 0.25) is 0 Å². The maximum absolute atomic E-state index is 5.69. The van der Waals surface area contributed by atoms with Gasteiger partial charge in [-0.2, -0.15) is 0 Å². The van der Waals surface area contributed by atoms with Crippen LogP contribution in [0.5, 0.6) is 0 Å². The molecule has 1 aromatic carbocycles. The molecular weight excluding hydrogens is 214 g/mol. The first-order valence-corrected chi connectivity index (χ1v) is 5.44. The first-order valence-electron chi connectivity index (χ1n) is 5.44. The molecule has 0 spiro atoms. The molecule has 0 aliphatic heterocycles. The number of nitrogens with two attached hydrogens (primary N) is 1. The van der Waals surface area contributed by atoms with Gasteiger partial charge in [0.05, 0.1) is 17.4 Å². The molecule has 3 N–H and O–H groups in total. The molecule has 0 aliphatic rings. The predicted octanol–water partition coefficient (Wildman–Crippen LogP) is 1.42. The van der Waals surface area contributed by atoms with Crippen LogP contribution in [0.3, 0.4) is 0 Å². The third-order valence-corrected chi connectivity index (χ3v) is 2.76. The van der Waals surface area contributed by atoms with Gasteiger partial charge >= 0.3 is 0 Å². The Balaban J connectivity index is 2.19. The van der Waals surface area contributed by atoms with Crippen molar-refractivity contribution >= 4 is 11.0 Å². The van der Waals surface area contributed by atoms with Gasteiger partial charge in [-0.05, 0) is 11.6 Å². The molecule has 0 unspecified atom stereocenters. The van der Waals surface area contributed by atoms with E-state index < -0.39 is 0 Å². The van der Waals surface area contributed by atoms with Crippen molar-refractivity contribution in [1.82, 2.24) is 19.5 Å². The van der Waals surface area contributed by atoms with Gasteiger partial charge < -0.3 is 15.3 Å². The smallest absolute Gasteiger partial charge is 0.158 e. The molecule has 2 heterocycles. The number of aryl methyl sites for hydroxylation is 1. The van der Waals surface area contributed by atoms with Crippen molar-refractivity contribution in [1.29, 1.82) is 0 Å². The zero-order chi connectivity index (χ0) is 11.8. The predicted molar refractivity (Wildman–Crippen MR) is 66.2 cm³/mol. The van der Waals surface area contributed by atoms with Gasteiger partial charge in [-0.15, -0.1) is 0 Å². The van der Waals surface area contributed by atoms with Gasteiger partial charge in [-0.25, -0.2) is 9.97 Å². The monoisotopic (exact) mass is 227 g/mol. The number of benzene rings is 1. The summed E-state index contributed by atoms with van der Waals surface area (Å²) in [5.74, 6) is 0.779. The van der Waals surface area contributed by atoms with E-state index in [0.717, 1.165) is 28.1 Å². The molecule has 0 bridgehead atoms. The number of imidazole rings is 2. The molecule has 0 radical (unpaired) electrons. The Labute approximate surface area is 98.3 Å². The van der Waals surface area contributed by atoms with Crippen LogP contribution in [0.1, 0.15) is 5.56 Å². The van der Waals surface area contributed by atoms with Crippen LogP contribution >= 0.6 is 0 Å². The van der Waals surface area contributed by atoms with E-state index >= 15 is 0 Å². The second kappa shape index (κ2) is 3.71. The van der Waals surface area contributed by atoms with E-state index in [1.165, 1.54) is 0 Å². The van der Waals surface area contributed by atoms with Crippen molar-refractivity contribution in [2.24, 2.45) is 12.8 Å². The molecule has 3 rings (SSSR count). The molecular formula is C12H13N5. The van der Waals surface area contributed by atoms with Crippen molar-refractivity contribution in [2.75, 3.05) is 0 Å². The zero-order valence-electron chi connectivity index (χ0n) is 9.51. The number of fused-ring (bicyclic) bond motifs is 1. The van der Waals surface area contributed by atoms with Crippen LogP contribution in [0.15, 0.2) is 30.7 Å². The van der Waals surface area contributed by atoms with E-state index in [2.05, 4.69) is 15.0 Å². The molecule has 5 nitrogen and oxygen atoms in total. The highest BCUT2D eigenvalue weighted by Gasteiger charge is 2.09. The minimum Gasteiger partial charge on any atom is -0.340 e. The number of nitrogens with one attached hydrogen (secondary N) is 1. The van der Waals surface area contributed by atoms with E-state index in [1.54, 1.807) is 6.33 Å². The summed E-state index contributed by atoms with van der Waals surface area (Å²) in [7, 11) is 1.93. The van der Waals surface area contributed by atoms with E-state index in [4.69, 9.17) is 5.73 Å². The molecule has 0 saturated heterocycles. The molecule has 0 amide bonds. The van der Waals surface area contributed by atoms with E-state index in [1.807, 2.05) is 36.0 Å². The van der Waals surface area contributed by atoms with Crippen molar-refractivity contribution in [3.05, 3.63) is 36.3 Å². The largest absolute Gasteiger partial charge is 0.340 e. The van der Waals surface area contributed by atoms with Gasteiger partial charge in [-0.3, -0.25) is 0 Å². The third-order valence-electron chi connectivity index (χ3n) is 2.76. The Hall–Kier alpha value is -2.14. The number of hydrogen-bond donors (Lipinski definition) is 2. The van der Waals surface area contributed by atoms with E-state index in [-0.39, 0.29) is 0 Å². The highest BCUT2D eigenvalue weighted by atomic mass is 15.0. The molecule has 0 aliphatic carbocycles. The SMILES string of the molecule is Cn1cnc(-c2nc3c(CN)cccc3[nH]2)c1. The summed E-state index contributed by atoms with van der Waals surface area (Å²) in [6, 6.07) is 5.96. The summed E-state index contributed by atoms with van der Waals surface area (Å²) in [6.07, 6.45) is 3.69. The van der Waals surface area contributed by atoms with Gasteiger partial charge in [0, 0.05) is 19.8 Å². The lowest BCUT2D eigenvalue weighted by atomic mass is 10.2. The standard InChI is InChI=1S/C12H13N5/c1-17-6-10(14-7-17)12-15-9-4-2-3-8(5-13)11(9)16-12/h2-4,6-7H,5,13H2,1H3,(H,15,16). The van der Waals surface area contributed by atoms with E-state index in [9.17, 15) is 0 Å². The second-order valence-corrected chi connectivity index (χ2v) is 4.03. The van der Waals surface area contributed by atoms with Crippen LogP contribution in [-0.2, 0) is 13.6 Å². The van der Waals surface area contributed by atoms with Gasteiger partial charge in [0.1, 0.15) is 5.69 Å². The minimum absolute atomic E-state index is 0.490. The number of H-pyrrole nitrogens is 1. The number of hydrogen-bond acceptors (Lipinski definition) is 3. The Morgan fingerprint density at radius 2 is 2.29 bits per heavy atom.